The fourth-order valence-electron chi connectivity index (χ4n) is 9.75. The Hall–Kier alpha value is -1.66. The summed E-state index contributed by atoms with van der Waals surface area (Å²) in [5, 5.41) is 12.5. The third-order valence-electron chi connectivity index (χ3n) is 12.3. The largest absolute Gasteiger partial charge is 0.482 e. The molecule has 0 aromatic heterocycles. The van der Waals surface area contributed by atoms with E-state index in [2.05, 4.69) is 17.9 Å². The smallest absolute Gasteiger partial charge is 0.311 e. The lowest BCUT2D eigenvalue weighted by Gasteiger charge is -2.65. The lowest BCUT2D eigenvalue weighted by atomic mass is 9.44. The normalized spacial score (nSPS) is 33.8. The van der Waals surface area contributed by atoms with Crippen molar-refractivity contribution >= 4 is 11.8 Å². The Morgan fingerprint density at radius 1 is 0.955 bits per heavy atom. The number of carbonyl (C=O) groups is 2. The zero-order valence-corrected chi connectivity index (χ0v) is 27.5. The summed E-state index contributed by atoms with van der Waals surface area (Å²) >= 11 is 0. The molecule has 2 aliphatic heterocycles. The average molecular weight is 610 g/mol. The van der Waals surface area contributed by atoms with Crippen LogP contribution in [-0.2, 0) is 19.1 Å². The van der Waals surface area contributed by atoms with E-state index in [4.69, 9.17) is 9.47 Å². The summed E-state index contributed by atoms with van der Waals surface area (Å²) in [4.78, 5) is 28.8. The number of rotatable bonds is 19. The molecule has 0 radical (unpaired) electrons. The number of aliphatic hydroxyl groups is 1. The highest BCUT2D eigenvalue weighted by atomic mass is 16.6. The Labute approximate surface area is 266 Å². The van der Waals surface area contributed by atoms with Crippen molar-refractivity contribution in [3.8, 4) is 0 Å². The van der Waals surface area contributed by atoms with Crippen LogP contribution < -0.4 is 0 Å². The molecule has 3 saturated carbocycles. The number of hydrogen-bond acceptors (Lipinski definition) is 6. The van der Waals surface area contributed by atoms with Crippen molar-refractivity contribution in [1.29, 1.82) is 0 Å². The lowest BCUT2D eigenvalue weighted by molar-refractivity contribution is -0.244. The minimum atomic E-state index is -0.935. The van der Waals surface area contributed by atoms with Crippen LogP contribution in [0.1, 0.15) is 148 Å². The summed E-state index contributed by atoms with van der Waals surface area (Å²) in [7, 11) is 0. The molecule has 2 bridgehead atoms. The molecule has 1 N–H and O–H groups in total. The van der Waals surface area contributed by atoms with Crippen molar-refractivity contribution in [2.45, 2.75) is 166 Å². The third kappa shape index (κ3) is 6.46. The highest BCUT2D eigenvalue weighted by Gasteiger charge is 2.77. The molecule has 3 unspecified atom stereocenters. The van der Waals surface area contributed by atoms with E-state index in [9.17, 15) is 14.7 Å². The molecule has 6 heteroatoms. The standard InChI is InChI=1S/C38H59NO5/c1-2-3-4-5-6-7-8-9-10-11-12-13-14-15-16-17-33(41)43-31-21-20-29-26-32-38(42)23-22-30(40)36-37(38,34(29)35(31)44-36)24-25-39(32)27-28-18-19-28/h20-21,28-29,32,34,36,42H,2-19,22-27H2,1H3/t29?,32?,34?,36-,37-,38+/m0/s1. The van der Waals surface area contributed by atoms with E-state index < -0.39 is 17.1 Å². The van der Waals surface area contributed by atoms with E-state index in [1.54, 1.807) is 0 Å². The van der Waals surface area contributed by atoms with Crippen molar-refractivity contribution in [2.24, 2.45) is 23.2 Å². The molecule has 6 atom stereocenters. The number of hydrogen-bond donors (Lipinski definition) is 1. The van der Waals surface area contributed by atoms with Gasteiger partial charge in [0, 0.05) is 31.3 Å². The maximum atomic E-state index is 13.3. The van der Waals surface area contributed by atoms with Gasteiger partial charge in [0.1, 0.15) is 5.76 Å². The Bertz CT molecular complexity index is 1080. The molecule has 2 heterocycles. The molecule has 6 aliphatic rings. The third-order valence-corrected chi connectivity index (χ3v) is 12.3. The monoisotopic (exact) mass is 609 g/mol. The molecule has 1 spiro atoms. The summed E-state index contributed by atoms with van der Waals surface area (Å²) in [5.74, 6) is 1.92. The van der Waals surface area contributed by atoms with Crippen molar-refractivity contribution in [3.63, 3.8) is 0 Å². The number of nitrogens with zero attached hydrogens (tertiary/aromatic N) is 1. The summed E-state index contributed by atoms with van der Waals surface area (Å²) < 4.78 is 12.4. The first kappa shape index (κ1) is 32.3. The minimum Gasteiger partial charge on any atom is -0.482 e. The van der Waals surface area contributed by atoms with Gasteiger partial charge in [0.2, 0.25) is 0 Å². The number of unbranched alkanes of at least 4 members (excludes halogenated alkanes) is 14. The van der Waals surface area contributed by atoms with Gasteiger partial charge >= 0.3 is 5.97 Å². The first-order valence-corrected chi connectivity index (χ1v) is 18.8. The van der Waals surface area contributed by atoms with E-state index >= 15 is 0 Å². The summed E-state index contributed by atoms with van der Waals surface area (Å²) in [6.07, 6.45) is 28.5. The molecule has 44 heavy (non-hydrogen) atoms. The number of piperidine rings is 1. The number of Topliss-reactive ketones (excluding diaryl/α,β-unsaturated/α-hetero) is 1. The van der Waals surface area contributed by atoms with E-state index in [-0.39, 0.29) is 29.6 Å². The van der Waals surface area contributed by atoms with Crippen LogP contribution in [0.15, 0.2) is 23.7 Å². The van der Waals surface area contributed by atoms with Gasteiger partial charge in [0.15, 0.2) is 17.6 Å². The van der Waals surface area contributed by atoms with E-state index in [0.29, 0.717) is 30.8 Å². The molecule has 6 nitrogen and oxygen atoms in total. The maximum Gasteiger partial charge on any atom is 0.311 e. The van der Waals surface area contributed by atoms with Crippen LogP contribution in [0.3, 0.4) is 0 Å². The average Bonchev–Trinajstić information content (AvgIpc) is 3.76. The van der Waals surface area contributed by atoms with E-state index in [1.807, 2.05) is 6.08 Å². The minimum absolute atomic E-state index is 0.0653. The molecular weight excluding hydrogens is 550 g/mol. The van der Waals surface area contributed by atoms with Gasteiger partial charge in [0.05, 0.1) is 11.0 Å². The fourth-order valence-corrected chi connectivity index (χ4v) is 9.75. The highest BCUT2D eigenvalue weighted by Crippen LogP contribution is 2.69. The van der Waals surface area contributed by atoms with Crippen LogP contribution in [0.5, 0.6) is 0 Å². The quantitative estimate of drug-likeness (QED) is 0.118. The first-order chi connectivity index (χ1) is 21.5. The van der Waals surface area contributed by atoms with Gasteiger partial charge in [-0.2, -0.15) is 0 Å². The number of likely N-dealkylation sites (tertiary alicyclic amines) is 1. The van der Waals surface area contributed by atoms with Crippen LogP contribution in [-0.4, -0.2) is 52.6 Å². The lowest BCUT2D eigenvalue weighted by Crippen LogP contribution is -2.76. The fraction of sp³-hybridized carbons (Fsp3) is 0.842. The van der Waals surface area contributed by atoms with Crippen LogP contribution >= 0.6 is 0 Å². The number of allylic oxidation sites excluding steroid dienone is 3. The Kier molecular flexibility index (Phi) is 10.6. The van der Waals surface area contributed by atoms with Crippen molar-refractivity contribution < 1.29 is 24.2 Å². The van der Waals surface area contributed by atoms with Gasteiger partial charge in [0.25, 0.3) is 0 Å². The molecular formula is C38H59NO5. The Morgan fingerprint density at radius 2 is 1.59 bits per heavy atom. The van der Waals surface area contributed by atoms with Crippen molar-refractivity contribution in [1.82, 2.24) is 4.90 Å². The maximum absolute atomic E-state index is 13.3. The second-order valence-electron chi connectivity index (χ2n) is 15.3. The van der Waals surface area contributed by atoms with Crippen LogP contribution in [0.2, 0.25) is 0 Å². The number of ether oxygens (including phenoxy) is 2. The first-order valence-electron chi connectivity index (χ1n) is 18.8. The molecule has 5 fully saturated rings. The molecule has 246 valence electrons. The van der Waals surface area contributed by atoms with Crippen LogP contribution in [0.25, 0.3) is 0 Å². The Morgan fingerprint density at radius 3 is 2.23 bits per heavy atom. The zero-order valence-electron chi connectivity index (χ0n) is 27.5. The summed E-state index contributed by atoms with van der Waals surface area (Å²) in [6.45, 7) is 4.25. The molecule has 0 aromatic carbocycles. The van der Waals surface area contributed by atoms with E-state index in [1.165, 1.54) is 96.3 Å². The van der Waals surface area contributed by atoms with Crippen molar-refractivity contribution in [3.05, 3.63) is 23.7 Å². The molecule has 0 aromatic rings. The van der Waals surface area contributed by atoms with Gasteiger partial charge < -0.3 is 14.6 Å². The summed E-state index contributed by atoms with van der Waals surface area (Å²) in [6, 6.07) is 0.0653. The topological polar surface area (TPSA) is 76.1 Å². The van der Waals surface area contributed by atoms with Gasteiger partial charge in [-0.3, -0.25) is 14.5 Å². The molecule has 0 amide bonds. The molecule has 4 aliphatic carbocycles. The zero-order chi connectivity index (χ0) is 30.6. The second-order valence-corrected chi connectivity index (χ2v) is 15.3. The van der Waals surface area contributed by atoms with Crippen molar-refractivity contribution in [2.75, 3.05) is 13.1 Å². The van der Waals surface area contributed by atoms with Gasteiger partial charge in [-0.05, 0) is 63.0 Å². The SMILES string of the molecule is CCCCCCCCCCCCCCCCCC(=O)OC1=C2O[C@H]3C(=O)CC[C@@]4(O)C5CC(C=C1)C2[C@@]34CCN5CC1CC1. The predicted molar refractivity (Wildman–Crippen MR) is 173 cm³/mol. The van der Waals surface area contributed by atoms with Gasteiger partial charge in [-0.1, -0.05) is 103 Å². The molecule has 2 saturated heterocycles. The number of esters is 1. The van der Waals surface area contributed by atoms with Crippen LogP contribution in [0, 0.1) is 23.2 Å². The second kappa shape index (κ2) is 14.4. The van der Waals surface area contributed by atoms with E-state index in [0.717, 1.165) is 44.7 Å². The predicted octanol–water partition coefficient (Wildman–Crippen LogP) is 8.17. The number of ketones is 1. The Balaban J connectivity index is 0.942. The molecule has 6 rings (SSSR count). The summed E-state index contributed by atoms with van der Waals surface area (Å²) in [5.41, 5.74) is -1.54. The number of carbonyl (C=O) groups excluding carboxylic acids is 2. The highest BCUT2D eigenvalue weighted by molar-refractivity contribution is 5.87. The van der Waals surface area contributed by atoms with Crippen LogP contribution in [0.4, 0.5) is 0 Å². The van der Waals surface area contributed by atoms with Gasteiger partial charge in [-0.25, -0.2) is 0 Å². The van der Waals surface area contributed by atoms with Gasteiger partial charge in [-0.15, -0.1) is 0 Å².